The van der Waals surface area contributed by atoms with E-state index < -0.39 is 14.6 Å². The van der Waals surface area contributed by atoms with Gasteiger partial charge in [0, 0.05) is 0 Å². The highest BCUT2D eigenvalue weighted by atomic mass is 32.2. The maximum Gasteiger partial charge on any atom is 0.156 e. The fourth-order valence-corrected chi connectivity index (χ4v) is 7.22. The van der Waals surface area contributed by atoms with Gasteiger partial charge in [-0.2, -0.15) is 0 Å². The molecule has 0 aliphatic carbocycles. The zero-order valence-corrected chi connectivity index (χ0v) is 19.8. The van der Waals surface area contributed by atoms with Crippen LogP contribution < -0.4 is 0 Å². The summed E-state index contributed by atoms with van der Waals surface area (Å²) < 4.78 is 26.0. The van der Waals surface area contributed by atoms with Crippen LogP contribution >= 0.6 is 0 Å². The largest absolute Gasteiger partial charge is 0.228 e. The quantitative estimate of drug-likeness (QED) is 0.413. The standard InChI is InChI=1S/C24H42O2S/c1-9-23(7,8)24(10-2,11-3)27(25,26)19-13-12-14-20-15-17-21(18-16-20)22(4,5)6/h15-18H,9-14,19H2,1-8H3. The van der Waals surface area contributed by atoms with Gasteiger partial charge in [-0.15, -0.1) is 0 Å². The third-order valence-corrected chi connectivity index (χ3v) is 9.95. The summed E-state index contributed by atoms with van der Waals surface area (Å²) in [5, 5.41) is 0. The van der Waals surface area contributed by atoms with Crippen molar-refractivity contribution in [1.29, 1.82) is 0 Å². The molecule has 0 atom stereocenters. The van der Waals surface area contributed by atoms with E-state index in [4.69, 9.17) is 0 Å². The lowest BCUT2D eigenvalue weighted by atomic mass is 9.73. The second-order valence-electron chi connectivity index (χ2n) is 9.66. The van der Waals surface area contributed by atoms with Crippen LogP contribution in [0.4, 0.5) is 0 Å². The highest BCUT2D eigenvalue weighted by Crippen LogP contribution is 2.46. The van der Waals surface area contributed by atoms with Crippen molar-refractivity contribution in [3.05, 3.63) is 35.4 Å². The Morgan fingerprint density at radius 2 is 1.30 bits per heavy atom. The van der Waals surface area contributed by atoms with Gasteiger partial charge in [0.2, 0.25) is 0 Å². The molecule has 0 unspecified atom stereocenters. The molecule has 1 aromatic rings. The Morgan fingerprint density at radius 3 is 1.70 bits per heavy atom. The molecule has 27 heavy (non-hydrogen) atoms. The predicted octanol–water partition coefficient (Wildman–Crippen LogP) is 6.72. The van der Waals surface area contributed by atoms with E-state index in [0.717, 1.165) is 25.7 Å². The molecule has 0 saturated heterocycles. The van der Waals surface area contributed by atoms with Crippen LogP contribution in [0.25, 0.3) is 0 Å². The monoisotopic (exact) mass is 394 g/mol. The SMILES string of the molecule is CCC(C)(C)C(CC)(CC)S(=O)(=O)CCCCc1ccc(C(C)(C)C)cc1. The van der Waals surface area contributed by atoms with Crippen LogP contribution in [0.1, 0.15) is 98.6 Å². The van der Waals surface area contributed by atoms with E-state index in [1.807, 2.05) is 13.8 Å². The number of sulfone groups is 1. The zero-order chi connectivity index (χ0) is 20.9. The first-order valence-corrected chi connectivity index (χ1v) is 12.3. The van der Waals surface area contributed by atoms with Crippen molar-refractivity contribution in [3.63, 3.8) is 0 Å². The lowest BCUT2D eigenvalue weighted by Crippen LogP contribution is -2.51. The molecule has 156 valence electrons. The minimum Gasteiger partial charge on any atom is -0.228 e. The van der Waals surface area contributed by atoms with E-state index in [-0.39, 0.29) is 10.8 Å². The maximum atomic E-state index is 13.3. The van der Waals surface area contributed by atoms with Crippen LogP contribution in [0.2, 0.25) is 0 Å². The van der Waals surface area contributed by atoms with Gasteiger partial charge in [0.05, 0.1) is 10.5 Å². The van der Waals surface area contributed by atoms with Crippen molar-refractivity contribution in [3.8, 4) is 0 Å². The number of benzene rings is 1. The molecule has 0 aromatic heterocycles. The van der Waals surface area contributed by atoms with Crippen LogP contribution in [0.5, 0.6) is 0 Å². The Kier molecular flexibility index (Phi) is 8.17. The van der Waals surface area contributed by atoms with Gasteiger partial charge in [-0.05, 0) is 60.5 Å². The van der Waals surface area contributed by atoms with Gasteiger partial charge in [0.15, 0.2) is 9.84 Å². The molecule has 0 amide bonds. The van der Waals surface area contributed by atoms with Crippen molar-refractivity contribution in [2.45, 2.75) is 104 Å². The summed E-state index contributed by atoms with van der Waals surface area (Å²) in [4.78, 5) is 0. The fraction of sp³-hybridized carbons (Fsp3) is 0.750. The topological polar surface area (TPSA) is 34.1 Å². The highest BCUT2D eigenvalue weighted by Gasteiger charge is 2.50. The molecule has 0 bridgehead atoms. The summed E-state index contributed by atoms with van der Waals surface area (Å²) in [6.07, 6.45) is 4.88. The maximum absolute atomic E-state index is 13.3. The number of hydrogen-bond acceptors (Lipinski definition) is 2. The molecule has 0 saturated carbocycles. The highest BCUT2D eigenvalue weighted by molar-refractivity contribution is 7.92. The second kappa shape index (κ2) is 9.11. The summed E-state index contributed by atoms with van der Waals surface area (Å²) in [5.41, 5.74) is 2.61. The molecule has 2 nitrogen and oxygen atoms in total. The molecule has 1 aromatic carbocycles. The molecule has 0 spiro atoms. The van der Waals surface area contributed by atoms with Crippen LogP contribution in [0.3, 0.4) is 0 Å². The molecule has 0 fully saturated rings. The van der Waals surface area contributed by atoms with Gasteiger partial charge in [-0.1, -0.05) is 79.7 Å². The number of rotatable bonds is 10. The number of aryl methyl sites for hydroxylation is 1. The van der Waals surface area contributed by atoms with Crippen molar-refractivity contribution >= 4 is 9.84 Å². The first-order chi connectivity index (χ1) is 12.4. The van der Waals surface area contributed by atoms with E-state index in [2.05, 4.69) is 65.8 Å². The molecule has 0 aliphatic heterocycles. The lowest BCUT2D eigenvalue weighted by Gasteiger charge is -2.45. The summed E-state index contributed by atoms with van der Waals surface area (Å²) in [7, 11) is -3.13. The van der Waals surface area contributed by atoms with Crippen LogP contribution in [-0.2, 0) is 21.7 Å². The molecular formula is C24H42O2S. The zero-order valence-electron chi connectivity index (χ0n) is 19.0. The van der Waals surface area contributed by atoms with E-state index in [0.29, 0.717) is 18.6 Å². The van der Waals surface area contributed by atoms with Gasteiger partial charge in [-0.25, -0.2) is 8.42 Å². The van der Waals surface area contributed by atoms with Gasteiger partial charge in [0.25, 0.3) is 0 Å². The van der Waals surface area contributed by atoms with Crippen molar-refractivity contribution < 1.29 is 8.42 Å². The van der Waals surface area contributed by atoms with Crippen molar-refractivity contribution in [2.24, 2.45) is 5.41 Å². The summed E-state index contributed by atoms with van der Waals surface area (Å²) in [5.74, 6) is 0.304. The Bertz CT molecular complexity index is 672. The van der Waals surface area contributed by atoms with E-state index in [1.54, 1.807) is 0 Å². The average molecular weight is 395 g/mol. The molecule has 0 heterocycles. The molecule has 0 aliphatic rings. The van der Waals surface area contributed by atoms with Gasteiger partial charge in [0.1, 0.15) is 0 Å². The van der Waals surface area contributed by atoms with Gasteiger partial charge in [-0.3, -0.25) is 0 Å². The normalized spacial score (nSPS) is 13.8. The molecule has 0 N–H and O–H groups in total. The molecule has 3 heteroatoms. The summed E-state index contributed by atoms with van der Waals surface area (Å²) >= 11 is 0. The fourth-order valence-electron chi connectivity index (χ4n) is 4.38. The summed E-state index contributed by atoms with van der Waals surface area (Å²) in [6, 6.07) is 8.79. The third-order valence-electron chi connectivity index (χ3n) is 6.80. The minimum atomic E-state index is -3.13. The molecule has 1 rings (SSSR count). The second-order valence-corrected chi connectivity index (χ2v) is 12.1. The Labute approximate surface area is 169 Å². The minimum absolute atomic E-state index is 0.169. The lowest BCUT2D eigenvalue weighted by molar-refractivity contribution is 0.213. The van der Waals surface area contributed by atoms with Crippen molar-refractivity contribution in [2.75, 3.05) is 5.75 Å². The van der Waals surface area contributed by atoms with Crippen LogP contribution in [0.15, 0.2) is 24.3 Å². The van der Waals surface area contributed by atoms with Gasteiger partial charge < -0.3 is 0 Å². The molecule has 0 radical (unpaired) electrons. The first kappa shape index (κ1) is 24.2. The van der Waals surface area contributed by atoms with Gasteiger partial charge >= 0.3 is 0 Å². The summed E-state index contributed by atoms with van der Waals surface area (Å²) in [6.45, 7) is 17.1. The Hall–Kier alpha value is -0.830. The van der Waals surface area contributed by atoms with Crippen molar-refractivity contribution in [1.82, 2.24) is 0 Å². The van der Waals surface area contributed by atoms with E-state index in [9.17, 15) is 8.42 Å². The number of hydrogen-bond donors (Lipinski definition) is 0. The van der Waals surface area contributed by atoms with Crippen LogP contribution in [-0.4, -0.2) is 18.9 Å². The Balaban J connectivity index is 2.74. The smallest absolute Gasteiger partial charge is 0.156 e. The number of unbranched alkanes of at least 4 members (excludes halogenated alkanes) is 1. The third kappa shape index (κ3) is 5.37. The predicted molar refractivity (Wildman–Crippen MR) is 119 cm³/mol. The average Bonchev–Trinajstić information content (AvgIpc) is 2.59. The van der Waals surface area contributed by atoms with E-state index >= 15 is 0 Å². The first-order valence-electron chi connectivity index (χ1n) is 10.7. The Morgan fingerprint density at radius 1 is 0.778 bits per heavy atom. The van der Waals surface area contributed by atoms with Crippen LogP contribution in [0, 0.1) is 5.41 Å². The van der Waals surface area contributed by atoms with E-state index in [1.165, 1.54) is 11.1 Å². The molecular weight excluding hydrogens is 352 g/mol.